The third kappa shape index (κ3) is 4.80. The van der Waals surface area contributed by atoms with Crippen LogP contribution in [0.15, 0.2) is 59.6 Å². The summed E-state index contributed by atoms with van der Waals surface area (Å²) in [6.07, 6.45) is 1.47. The van der Waals surface area contributed by atoms with Crippen LogP contribution in [0.25, 0.3) is 0 Å². The van der Waals surface area contributed by atoms with E-state index in [1.807, 2.05) is 54.6 Å². The molecule has 4 heteroatoms. The van der Waals surface area contributed by atoms with Gasteiger partial charge in [-0.15, -0.1) is 0 Å². The molecule has 2 rings (SSSR count). The molecule has 2 aromatic carbocycles. The smallest absolute Gasteiger partial charge is 0.264 e. The van der Waals surface area contributed by atoms with Crippen LogP contribution in [0.3, 0.4) is 0 Å². The lowest BCUT2D eigenvalue weighted by atomic mass is 10.2. The van der Waals surface area contributed by atoms with Crippen LogP contribution in [0, 0.1) is 0 Å². The molecular weight excluding hydrogens is 258 g/mol. The van der Waals surface area contributed by atoms with Gasteiger partial charge in [0.2, 0.25) is 0 Å². The van der Waals surface area contributed by atoms with Gasteiger partial charge in [0.1, 0.15) is 6.54 Å². The fourth-order valence-corrected chi connectivity index (χ4v) is 1.70. The molecule has 0 fully saturated rings. The molecule has 20 heavy (non-hydrogen) atoms. The minimum atomic E-state index is -2.77. The second-order valence-corrected chi connectivity index (χ2v) is 4.66. The molecule has 0 aliphatic heterocycles. The van der Waals surface area contributed by atoms with E-state index in [0.717, 1.165) is 23.9 Å². The van der Waals surface area contributed by atoms with Crippen molar-refractivity contribution in [2.45, 2.75) is 12.8 Å². The van der Waals surface area contributed by atoms with E-state index in [0.29, 0.717) is 0 Å². The Labute approximate surface area is 117 Å². The molecule has 0 radical (unpaired) electrons. The van der Waals surface area contributed by atoms with E-state index in [1.165, 1.54) is 6.21 Å². The van der Waals surface area contributed by atoms with Crippen molar-refractivity contribution in [3.05, 3.63) is 60.2 Å². The lowest BCUT2D eigenvalue weighted by molar-refractivity contribution is 0.0328. The fourth-order valence-electron chi connectivity index (χ4n) is 1.70. The zero-order valence-corrected chi connectivity index (χ0v) is 11.2. The largest absolute Gasteiger partial charge is 0.356 e. The first-order valence-electron chi connectivity index (χ1n) is 6.33. The van der Waals surface area contributed by atoms with Crippen LogP contribution >= 0.6 is 0 Å². The summed E-state index contributed by atoms with van der Waals surface area (Å²) in [5.41, 5.74) is 2.65. The number of halogens is 2. The number of aliphatic imine (C=N–C) groups is 1. The third-order valence-electron chi connectivity index (χ3n) is 2.56. The molecular formula is C16H16F2N2. The average molecular weight is 274 g/mol. The molecule has 2 nitrogen and oxygen atoms in total. The van der Waals surface area contributed by atoms with Gasteiger partial charge in [-0.05, 0) is 29.8 Å². The Hall–Kier alpha value is -2.23. The molecule has 0 saturated carbocycles. The maximum atomic E-state index is 12.7. The number of benzene rings is 2. The highest BCUT2D eigenvalue weighted by Crippen LogP contribution is 2.17. The lowest BCUT2D eigenvalue weighted by Gasteiger charge is -2.07. The van der Waals surface area contributed by atoms with Crippen LogP contribution < -0.4 is 5.32 Å². The Bertz CT molecular complexity index is 575. The SMILES string of the molecule is CC(F)(F)CN=Cc1cccc(Nc2ccccc2)c1. The van der Waals surface area contributed by atoms with Crippen LogP contribution in [-0.4, -0.2) is 18.7 Å². The zero-order chi connectivity index (χ0) is 14.4. The second kappa shape index (κ2) is 6.28. The maximum Gasteiger partial charge on any atom is 0.264 e. The van der Waals surface area contributed by atoms with E-state index in [9.17, 15) is 8.78 Å². The van der Waals surface area contributed by atoms with E-state index in [1.54, 1.807) is 0 Å². The fraction of sp³-hybridized carbons (Fsp3) is 0.188. The minimum absolute atomic E-state index is 0.497. The molecule has 0 bridgehead atoms. The van der Waals surface area contributed by atoms with Crippen molar-refractivity contribution >= 4 is 17.6 Å². The number of hydrogen-bond acceptors (Lipinski definition) is 2. The molecule has 0 saturated heterocycles. The summed E-state index contributed by atoms with van der Waals surface area (Å²) in [5, 5.41) is 3.24. The Balaban J connectivity index is 2.05. The summed E-state index contributed by atoms with van der Waals surface area (Å²) in [6, 6.07) is 17.2. The van der Waals surface area contributed by atoms with Gasteiger partial charge in [0.15, 0.2) is 0 Å². The summed E-state index contributed by atoms with van der Waals surface area (Å²) in [7, 11) is 0. The van der Waals surface area contributed by atoms with Crippen molar-refractivity contribution in [3.8, 4) is 0 Å². The van der Waals surface area contributed by atoms with Crippen LogP contribution in [0.1, 0.15) is 12.5 Å². The summed E-state index contributed by atoms with van der Waals surface area (Å²) in [6.45, 7) is 0.362. The molecule has 1 N–H and O–H groups in total. The summed E-state index contributed by atoms with van der Waals surface area (Å²) in [5.74, 6) is -2.77. The second-order valence-electron chi connectivity index (χ2n) is 4.66. The van der Waals surface area contributed by atoms with Gasteiger partial charge in [-0.2, -0.15) is 0 Å². The van der Waals surface area contributed by atoms with Crippen LogP contribution in [-0.2, 0) is 0 Å². The van der Waals surface area contributed by atoms with E-state index in [4.69, 9.17) is 0 Å². The van der Waals surface area contributed by atoms with Gasteiger partial charge < -0.3 is 5.32 Å². The van der Waals surface area contributed by atoms with E-state index in [2.05, 4.69) is 10.3 Å². The molecule has 104 valence electrons. The monoisotopic (exact) mass is 274 g/mol. The minimum Gasteiger partial charge on any atom is -0.356 e. The molecule has 0 atom stereocenters. The first-order chi connectivity index (χ1) is 9.53. The molecule has 0 aliphatic rings. The topological polar surface area (TPSA) is 24.4 Å². The highest BCUT2D eigenvalue weighted by atomic mass is 19.3. The number of anilines is 2. The average Bonchev–Trinajstić information content (AvgIpc) is 2.39. The third-order valence-corrected chi connectivity index (χ3v) is 2.56. The quantitative estimate of drug-likeness (QED) is 0.797. The lowest BCUT2D eigenvalue weighted by Crippen LogP contribution is -2.13. The Morgan fingerprint density at radius 1 is 1.05 bits per heavy atom. The molecule has 0 unspecified atom stereocenters. The first kappa shape index (κ1) is 14.2. The summed E-state index contributed by atoms with van der Waals surface area (Å²) >= 11 is 0. The predicted octanol–water partition coefficient (Wildman–Crippen LogP) is 4.50. The standard InChI is InChI=1S/C16H16F2N2/c1-16(17,18)12-19-11-13-6-5-9-15(10-13)20-14-7-3-2-4-8-14/h2-11,20H,12H2,1H3. The number of nitrogens with zero attached hydrogens (tertiary/aromatic N) is 1. The van der Waals surface area contributed by atoms with Crippen LogP contribution in [0.2, 0.25) is 0 Å². The molecule has 0 heterocycles. The van der Waals surface area contributed by atoms with Crippen molar-refractivity contribution in [2.24, 2.45) is 4.99 Å². The molecule has 0 aromatic heterocycles. The van der Waals surface area contributed by atoms with E-state index < -0.39 is 12.5 Å². The van der Waals surface area contributed by atoms with Gasteiger partial charge in [0, 0.05) is 24.5 Å². The number of para-hydroxylation sites is 1. The normalized spacial score (nSPS) is 11.8. The van der Waals surface area contributed by atoms with Gasteiger partial charge in [0.25, 0.3) is 5.92 Å². The summed E-state index contributed by atoms with van der Waals surface area (Å²) in [4.78, 5) is 3.76. The van der Waals surface area contributed by atoms with Crippen molar-refractivity contribution in [1.82, 2.24) is 0 Å². The van der Waals surface area contributed by atoms with Gasteiger partial charge in [0.05, 0.1) is 0 Å². The molecule has 2 aromatic rings. The first-order valence-corrected chi connectivity index (χ1v) is 6.33. The maximum absolute atomic E-state index is 12.7. The molecule has 0 spiro atoms. The zero-order valence-electron chi connectivity index (χ0n) is 11.2. The molecule has 0 amide bonds. The van der Waals surface area contributed by atoms with Gasteiger partial charge in [-0.3, -0.25) is 4.99 Å². The van der Waals surface area contributed by atoms with E-state index in [-0.39, 0.29) is 0 Å². The Kier molecular flexibility index (Phi) is 4.45. The number of nitrogens with one attached hydrogen (secondary N) is 1. The van der Waals surface area contributed by atoms with Crippen LogP contribution in [0.5, 0.6) is 0 Å². The highest BCUT2D eigenvalue weighted by molar-refractivity contribution is 5.81. The van der Waals surface area contributed by atoms with Gasteiger partial charge in [-0.1, -0.05) is 30.3 Å². The van der Waals surface area contributed by atoms with Crippen molar-refractivity contribution < 1.29 is 8.78 Å². The number of alkyl halides is 2. The summed E-state index contributed by atoms with van der Waals surface area (Å²) < 4.78 is 25.3. The van der Waals surface area contributed by atoms with Crippen LogP contribution in [0.4, 0.5) is 20.2 Å². The van der Waals surface area contributed by atoms with Gasteiger partial charge >= 0.3 is 0 Å². The Morgan fingerprint density at radius 3 is 2.45 bits per heavy atom. The van der Waals surface area contributed by atoms with Crippen molar-refractivity contribution in [2.75, 3.05) is 11.9 Å². The molecule has 0 aliphatic carbocycles. The van der Waals surface area contributed by atoms with Crippen molar-refractivity contribution in [1.29, 1.82) is 0 Å². The van der Waals surface area contributed by atoms with Crippen molar-refractivity contribution in [3.63, 3.8) is 0 Å². The highest BCUT2D eigenvalue weighted by Gasteiger charge is 2.19. The number of rotatable bonds is 5. The Morgan fingerprint density at radius 2 is 1.75 bits per heavy atom. The number of hydrogen-bond donors (Lipinski definition) is 1. The van der Waals surface area contributed by atoms with E-state index >= 15 is 0 Å². The predicted molar refractivity (Wildman–Crippen MR) is 79.2 cm³/mol. The van der Waals surface area contributed by atoms with Gasteiger partial charge in [-0.25, -0.2) is 8.78 Å².